The molecule has 36 heteroatoms. The van der Waals surface area contributed by atoms with Crippen molar-refractivity contribution in [1.29, 1.82) is 0 Å². The maximum absolute atomic E-state index is 14.2. The molecular weight excluding hydrogens is 1240 g/mol. The van der Waals surface area contributed by atoms with E-state index in [1.807, 2.05) is 0 Å². The molecule has 0 unspecified atom stereocenters. The van der Waals surface area contributed by atoms with Crippen LogP contribution in [0.15, 0.2) is 117 Å². The molecule has 4 aromatic rings. The number of amides is 4. The van der Waals surface area contributed by atoms with Crippen molar-refractivity contribution in [2.75, 3.05) is 52.4 Å². The Hall–Kier alpha value is -8.00. The van der Waals surface area contributed by atoms with Gasteiger partial charge in [0, 0.05) is 101 Å². The maximum atomic E-state index is 14.2. The molecule has 1 aliphatic rings. The summed E-state index contributed by atoms with van der Waals surface area (Å²) in [7, 11) is -18.4. The van der Waals surface area contributed by atoms with Crippen LogP contribution in [0.25, 0.3) is 0 Å². The van der Waals surface area contributed by atoms with E-state index in [0.29, 0.717) is 0 Å². The summed E-state index contributed by atoms with van der Waals surface area (Å²) in [4.78, 5) is 96.2. The van der Waals surface area contributed by atoms with Crippen molar-refractivity contribution in [3.05, 3.63) is 138 Å². The summed E-state index contributed by atoms with van der Waals surface area (Å²) in [6.45, 7) is 2.49. The Balaban J connectivity index is 1.46. The van der Waals surface area contributed by atoms with E-state index in [1.165, 1.54) is 27.7 Å². The topological polar surface area (TPSA) is 438 Å². The number of carbonyl (C=O) groups is 4. The molecule has 1 fully saturated rings. The van der Waals surface area contributed by atoms with Crippen LogP contribution in [0, 0.1) is 40.5 Å². The molecule has 4 atom stereocenters. The Morgan fingerprint density at radius 2 is 0.477 bits per heavy atom. The predicted molar refractivity (Wildman–Crippen MR) is 315 cm³/mol. The van der Waals surface area contributed by atoms with Gasteiger partial charge in [-0.2, -0.15) is 17.2 Å². The molecule has 0 bridgehead atoms. The molecule has 1 heterocycles. The largest absolute Gasteiger partial charge is 0.353 e. The number of carbonyl (C=O) groups excluding carboxylic acids is 4. The van der Waals surface area contributed by atoms with Gasteiger partial charge in [0.1, 0.15) is 24.2 Å². The average molecular weight is 1310 g/mol. The monoisotopic (exact) mass is 1310 g/mol. The normalized spacial score (nSPS) is 20.8. The van der Waals surface area contributed by atoms with Crippen molar-refractivity contribution in [1.82, 2.24) is 38.5 Å². The summed E-state index contributed by atoms with van der Waals surface area (Å²) in [5.41, 5.74) is -1.67. The molecule has 0 radical (unpaired) electrons. The molecular formula is C52H68N12O20S4. The Bertz CT molecular complexity index is 3160. The second-order valence-electron chi connectivity index (χ2n) is 20.2. The highest BCUT2D eigenvalue weighted by Crippen LogP contribution is 2.28. The van der Waals surface area contributed by atoms with E-state index < -0.39 is 150 Å². The van der Waals surface area contributed by atoms with Crippen LogP contribution >= 0.6 is 0 Å². The highest BCUT2D eigenvalue weighted by molar-refractivity contribution is 7.90. The molecule has 88 heavy (non-hydrogen) atoms. The van der Waals surface area contributed by atoms with Crippen LogP contribution in [0.5, 0.6) is 0 Å². The zero-order valence-corrected chi connectivity index (χ0v) is 51.5. The quantitative estimate of drug-likeness (QED) is 0.116. The molecule has 4 aromatic carbocycles. The lowest BCUT2D eigenvalue weighted by Crippen LogP contribution is -2.51. The molecule has 0 aliphatic carbocycles. The van der Waals surface area contributed by atoms with Gasteiger partial charge in [0.05, 0.1) is 39.3 Å². The first-order valence-corrected chi connectivity index (χ1v) is 33.3. The first-order valence-electron chi connectivity index (χ1n) is 27.5. The fourth-order valence-electron chi connectivity index (χ4n) is 9.22. The molecule has 0 aromatic heterocycles. The Morgan fingerprint density at radius 1 is 0.318 bits per heavy atom. The minimum Gasteiger partial charge on any atom is -0.353 e. The SMILES string of the molecule is C[C@H]1C(=O)NCCNC(=O)[C@H](C)N(S(=O)(=O)c2ccc([N+](=O)[O-])cc2)CCCCCCN(S(=O)(=O)c2ccc([N+](=O)[O-])cc2)[C@@H](C)C(=O)NCCNC(=O)[C@H](C)N(S(=O)(=O)c2ccc([N+](=O)[O-])cc2)CCCCCCN1S(=O)(=O)c1ccc([N+](=O)[O-])cc1. The number of rotatable bonds is 12. The third-order valence-electron chi connectivity index (χ3n) is 14.3. The fourth-order valence-corrected chi connectivity index (χ4v) is 15.8. The summed E-state index contributed by atoms with van der Waals surface area (Å²) in [5.74, 6) is -3.43. The number of sulfonamides is 4. The van der Waals surface area contributed by atoms with E-state index in [4.69, 9.17) is 0 Å². The number of nitro benzene ring substituents is 4. The highest BCUT2D eigenvalue weighted by Gasteiger charge is 2.38. The van der Waals surface area contributed by atoms with E-state index in [0.717, 1.165) is 114 Å². The third kappa shape index (κ3) is 18.1. The van der Waals surface area contributed by atoms with Gasteiger partial charge in [-0.05, 0) is 102 Å². The smallest absolute Gasteiger partial charge is 0.269 e. The summed E-state index contributed by atoms with van der Waals surface area (Å²) >= 11 is 0. The molecule has 5 rings (SSSR count). The predicted octanol–water partition coefficient (Wildman–Crippen LogP) is 3.54. The lowest BCUT2D eigenvalue weighted by atomic mass is 10.1. The van der Waals surface area contributed by atoms with Crippen LogP contribution in [-0.2, 0) is 59.3 Å². The van der Waals surface area contributed by atoms with Crippen LogP contribution < -0.4 is 21.3 Å². The number of non-ortho nitro benzene ring substituents is 4. The van der Waals surface area contributed by atoms with Gasteiger partial charge in [-0.1, -0.05) is 25.7 Å². The second-order valence-corrected chi connectivity index (χ2v) is 27.7. The first kappa shape index (κ1) is 70.8. The van der Waals surface area contributed by atoms with Crippen molar-refractivity contribution < 1.29 is 72.5 Å². The number of hydrogen-bond acceptors (Lipinski definition) is 20. The van der Waals surface area contributed by atoms with Gasteiger partial charge in [-0.15, -0.1) is 0 Å². The summed E-state index contributed by atoms with van der Waals surface area (Å²) in [6.07, 6.45) is 0.967. The van der Waals surface area contributed by atoms with E-state index in [9.17, 15) is 93.3 Å². The van der Waals surface area contributed by atoms with Gasteiger partial charge in [0.15, 0.2) is 0 Å². The van der Waals surface area contributed by atoms with Gasteiger partial charge >= 0.3 is 0 Å². The fraction of sp³-hybridized carbons (Fsp3) is 0.462. The number of nitrogens with zero attached hydrogens (tertiary/aromatic N) is 8. The van der Waals surface area contributed by atoms with E-state index in [-0.39, 0.29) is 104 Å². The Labute approximate surface area is 507 Å². The lowest BCUT2D eigenvalue weighted by Gasteiger charge is -2.29. The third-order valence-corrected chi connectivity index (χ3v) is 22.3. The van der Waals surface area contributed by atoms with E-state index >= 15 is 0 Å². The molecule has 4 amide bonds. The van der Waals surface area contributed by atoms with Gasteiger partial charge in [0.2, 0.25) is 63.7 Å². The van der Waals surface area contributed by atoms with E-state index in [1.54, 1.807) is 0 Å². The average Bonchev–Trinajstić information content (AvgIpc) is 2.52. The van der Waals surface area contributed by atoms with Gasteiger partial charge in [0.25, 0.3) is 22.7 Å². The van der Waals surface area contributed by atoms with E-state index in [2.05, 4.69) is 21.3 Å². The summed E-state index contributed by atoms with van der Waals surface area (Å²) in [6, 6.07) is 9.81. The highest BCUT2D eigenvalue weighted by atomic mass is 32.2. The molecule has 32 nitrogen and oxygen atoms in total. The standard InChI is InChI=1S/C52H68N12O20S4/c1-37-49(65)53-29-30-54-50(66)38(2)59(87(81,82)47-25-17-43(18-26-47)63(73)74)35-11-7-8-12-36-60(88(83,84)48-27-19-44(20-28-48)64(75)76)40(4)52(68)56-32-31-55-51(67)39(3)58(86(79,80)46-23-15-42(16-24-46)62(71)72)34-10-6-5-9-33-57(37)85(77,78)45-21-13-41(14-22-45)61(69)70/h13-28,37-40H,5-12,29-36H2,1-4H3,(H,53,65)(H,54,66)(H,55,67)(H,56,68)/t37-,38-,39-,40-/m0/s1. The van der Waals surface area contributed by atoms with Crippen LogP contribution in [0.1, 0.15) is 79.1 Å². The number of nitrogens with one attached hydrogen (secondary N) is 4. The summed E-state index contributed by atoms with van der Waals surface area (Å²) < 4.78 is 117. The number of nitro groups is 4. The number of hydrogen-bond donors (Lipinski definition) is 4. The Kier molecular flexibility index (Phi) is 25.1. The minimum atomic E-state index is -4.59. The zero-order valence-electron chi connectivity index (χ0n) is 48.2. The lowest BCUT2D eigenvalue weighted by molar-refractivity contribution is -0.385. The zero-order chi connectivity index (χ0) is 65.3. The second kappa shape index (κ2) is 31.3. The van der Waals surface area contributed by atoms with Gasteiger partial charge < -0.3 is 21.3 Å². The summed E-state index contributed by atoms with van der Waals surface area (Å²) in [5, 5.41) is 55.8. The van der Waals surface area contributed by atoms with Crippen molar-refractivity contribution in [3.63, 3.8) is 0 Å². The number of benzene rings is 4. The maximum Gasteiger partial charge on any atom is 0.269 e. The first-order chi connectivity index (χ1) is 41.3. The van der Waals surface area contributed by atoms with Crippen molar-refractivity contribution in [3.8, 4) is 0 Å². The van der Waals surface area contributed by atoms with Crippen molar-refractivity contribution in [2.24, 2.45) is 0 Å². The molecule has 1 aliphatic heterocycles. The molecule has 1 saturated heterocycles. The van der Waals surface area contributed by atoms with Crippen LogP contribution in [0.4, 0.5) is 22.7 Å². The van der Waals surface area contributed by atoms with Crippen LogP contribution in [0.3, 0.4) is 0 Å². The molecule has 480 valence electrons. The van der Waals surface area contributed by atoms with Crippen LogP contribution in [0.2, 0.25) is 0 Å². The minimum absolute atomic E-state index is 0.0489. The van der Waals surface area contributed by atoms with Crippen molar-refractivity contribution >= 4 is 86.5 Å². The molecule has 4 N–H and O–H groups in total. The molecule has 0 saturated carbocycles. The van der Waals surface area contributed by atoms with Crippen molar-refractivity contribution in [2.45, 2.75) is 123 Å². The van der Waals surface area contributed by atoms with Gasteiger partial charge in [-0.25, -0.2) is 33.7 Å². The molecule has 0 spiro atoms. The van der Waals surface area contributed by atoms with Gasteiger partial charge in [-0.3, -0.25) is 59.6 Å². The van der Waals surface area contributed by atoms with Crippen LogP contribution in [-0.4, -0.2) is 171 Å². The Morgan fingerprint density at radius 3 is 0.625 bits per heavy atom.